The predicted molar refractivity (Wildman–Crippen MR) is 202 cm³/mol. The van der Waals surface area contributed by atoms with Crippen LogP contribution in [-0.2, 0) is 0 Å². The van der Waals surface area contributed by atoms with Crippen LogP contribution in [0.4, 0.5) is 0 Å². The van der Waals surface area contributed by atoms with Gasteiger partial charge in [-0.3, -0.25) is 4.57 Å². The van der Waals surface area contributed by atoms with Gasteiger partial charge in [0.1, 0.15) is 17.0 Å². The smallest absolute Gasteiger partial charge is 0.149 e. The Morgan fingerprint density at radius 1 is 0.542 bits per heavy atom. The monoisotopic (exact) mass is 620 g/mol. The Kier molecular flexibility index (Phi) is 6.52. The van der Waals surface area contributed by atoms with Crippen LogP contribution in [0, 0.1) is 0 Å². The number of fused-ring (bicyclic) bond motifs is 7. The van der Waals surface area contributed by atoms with Gasteiger partial charge in [-0.25, -0.2) is 4.98 Å². The third kappa shape index (κ3) is 4.38. The summed E-state index contributed by atoms with van der Waals surface area (Å²) >= 11 is 0. The van der Waals surface area contributed by atoms with Crippen molar-refractivity contribution in [3.63, 3.8) is 0 Å². The standard InChI is InChI=1S/C45H36N2O/c1-27(2)33-16-10-17-34(28(3)4)43(33)47-41-25-31(29-12-6-5-7-13-29)22-23-40(41)46-45(47)37-19-11-18-36-39-24-32-21-20-30-14-8-9-15-35(30)38(32)26-42(39)48-44(36)37/h5-28H,1-4H3. The normalized spacial score (nSPS) is 12.1. The molecule has 2 heterocycles. The number of rotatable bonds is 5. The first-order valence-corrected chi connectivity index (χ1v) is 16.9. The zero-order chi connectivity index (χ0) is 32.5. The third-order valence-corrected chi connectivity index (χ3v) is 9.93. The summed E-state index contributed by atoms with van der Waals surface area (Å²) in [5.74, 6) is 1.54. The van der Waals surface area contributed by atoms with Crippen LogP contribution in [-0.4, -0.2) is 9.55 Å². The van der Waals surface area contributed by atoms with Gasteiger partial charge in [0.05, 0.1) is 22.3 Å². The number of imidazole rings is 1. The molecular weight excluding hydrogens is 585 g/mol. The van der Waals surface area contributed by atoms with E-state index in [-0.39, 0.29) is 0 Å². The molecule has 0 atom stereocenters. The lowest BCUT2D eigenvalue weighted by molar-refractivity contribution is 0.670. The summed E-state index contributed by atoms with van der Waals surface area (Å²) in [6, 6.07) is 48.0. The van der Waals surface area contributed by atoms with Crippen molar-refractivity contribution in [2.75, 3.05) is 0 Å². The molecular formula is C45H36N2O. The number of para-hydroxylation sites is 2. The summed E-state index contributed by atoms with van der Waals surface area (Å²) in [6.45, 7) is 9.13. The molecule has 0 aliphatic carbocycles. The largest absolute Gasteiger partial charge is 0.455 e. The number of nitrogens with zero attached hydrogens (tertiary/aromatic N) is 2. The van der Waals surface area contributed by atoms with Gasteiger partial charge in [-0.2, -0.15) is 0 Å². The van der Waals surface area contributed by atoms with E-state index in [2.05, 4.69) is 166 Å². The van der Waals surface area contributed by atoms with E-state index < -0.39 is 0 Å². The topological polar surface area (TPSA) is 31.0 Å². The molecule has 0 bridgehead atoms. The van der Waals surface area contributed by atoms with E-state index in [0.717, 1.165) is 44.4 Å². The molecule has 9 rings (SSSR count). The molecule has 0 radical (unpaired) electrons. The van der Waals surface area contributed by atoms with Crippen molar-refractivity contribution in [2.24, 2.45) is 0 Å². The zero-order valence-electron chi connectivity index (χ0n) is 27.7. The summed E-state index contributed by atoms with van der Waals surface area (Å²) in [5.41, 5.74) is 11.0. The van der Waals surface area contributed by atoms with Crippen molar-refractivity contribution in [1.82, 2.24) is 9.55 Å². The summed E-state index contributed by atoms with van der Waals surface area (Å²) in [7, 11) is 0. The van der Waals surface area contributed by atoms with Crippen molar-refractivity contribution < 1.29 is 4.42 Å². The van der Waals surface area contributed by atoms with Crippen molar-refractivity contribution >= 4 is 54.5 Å². The number of hydrogen-bond donors (Lipinski definition) is 0. The molecule has 0 N–H and O–H groups in total. The van der Waals surface area contributed by atoms with Crippen molar-refractivity contribution in [1.29, 1.82) is 0 Å². The second-order valence-electron chi connectivity index (χ2n) is 13.6. The average molecular weight is 621 g/mol. The Morgan fingerprint density at radius 3 is 2.04 bits per heavy atom. The number of aromatic nitrogens is 2. The van der Waals surface area contributed by atoms with Gasteiger partial charge < -0.3 is 4.42 Å². The van der Waals surface area contributed by atoms with Crippen LogP contribution in [0.3, 0.4) is 0 Å². The molecule has 9 aromatic rings. The average Bonchev–Trinajstić information content (AvgIpc) is 3.68. The number of furan rings is 1. The van der Waals surface area contributed by atoms with Crippen LogP contribution in [0.25, 0.3) is 82.7 Å². The van der Waals surface area contributed by atoms with Gasteiger partial charge in [0, 0.05) is 10.8 Å². The minimum Gasteiger partial charge on any atom is -0.455 e. The molecule has 0 aliphatic rings. The van der Waals surface area contributed by atoms with Crippen molar-refractivity contribution in [3.05, 3.63) is 145 Å². The van der Waals surface area contributed by atoms with Gasteiger partial charge in [-0.15, -0.1) is 0 Å². The van der Waals surface area contributed by atoms with E-state index in [1.54, 1.807) is 0 Å². The molecule has 48 heavy (non-hydrogen) atoms. The fraction of sp³-hybridized carbons (Fsp3) is 0.133. The molecule has 0 unspecified atom stereocenters. The van der Waals surface area contributed by atoms with Crippen LogP contribution in [0.1, 0.15) is 50.7 Å². The van der Waals surface area contributed by atoms with E-state index >= 15 is 0 Å². The second-order valence-corrected chi connectivity index (χ2v) is 13.6. The first kappa shape index (κ1) is 28.5. The van der Waals surface area contributed by atoms with Crippen molar-refractivity contribution in [2.45, 2.75) is 39.5 Å². The highest BCUT2D eigenvalue weighted by molar-refractivity contribution is 6.17. The summed E-state index contributed by atoms with van der Waals surface area (Å²) in [5, 5.41) is 7.10. The summed E-state index contributed by atoms with van der Waals surface area (Å²) < 4.78 is 9.29. The maximum Gasteiger partial charge on any atom is 0.149 e. The second kappa shape index (κ2) is 11.0. The Labute approximate surface area is 280 Å². The molecule has 7 aromatic carbocycles. The van der Waals surface area contributed by atoms with Gasteiger partial charge in [0.15, 0.2) is 0 Å². The molecule has 0 aliphatic heterocycles. The summed E-state index contributed by atoms with van der Waals surface area (Å²) in [4.78, 5) is 5.41. The van der Waals surface area contributed by atoms with E-state index in [9.17, 15) is 0 Å². The SMILES string of the molecule is CC(C)c1cccc(C(C)C)c1-n1c(-c2cccc3c2oc2cc4c(ccc5ccccc54)cc23)nc2ccc(-c3ccccc3)cc21. The molecule has 2 aromatic heterocycles. The number of hydrogen-bond acceptors (Lipinski definition) is 2. The maximum atomic E-state index is 6.88. The van der Waals surface area contributed by atoms with Crippen LogP contribution in [0.2, 0.25) is 0 Å². The summed E-state index contributed by atoms with van der Waals surface area (Å²) in [6.07, 6.45) is 0. The Bertz CT molecular complexity index is 2650. The molecule has 0 fully saturated rings. The molecule has 0 spiro atoms. The van der Waals surface area contributed by atoms with E-state index in [1.807, 2.05) is 0 Å². The zero-order valence-corrected chi connectivity index (χ0v) is 27.7. The highest BCUT2D eigenvalue weighted by Crippen LogP contribution is 2.42. The molecule has 0 saturated carbocycles. The first-order chi connectivity index (χ1) is 23.5. The van der Waals surface area contributed by atoms with Crippen LogP contribution >= 0.6 is 0 Å². The highest BCUT2D eigenvalue weighted by Gasteiger charge is 2.25. The minimum absolute atomic E-state index is 0.325. The van der Waals surface area contributed by atoms with Crippen molar-refractivity contribution in [3.8, 4) is 28.2 Å². The predicted octanol–water partition coefficient (Wildman–Crippen LogP) is 12.8. The minimum atomic E-state index is 0.325. The van der Waals surface area contributed by atoms with Gasteiger partial charge in [-0.05, 0) is 86.0 Å². The highest BCUT2D eigenvalue weighted by atomic mass is 16.3. The Hall–Kier alpha value is -5.67. The fourth-order valence-corrected chi connectivity index (χ4v) is 7.54. The number of benzene rings is 7. The van der Waals surface area contributed by atoms with Crippen LogP contribution in [0.5, 0.6) is 0 Å². The Morgan fingerprint density at radius 2 is 1.25 bits per heavy atom. The Balaban J connectivity index is 1.38. The fourth-order valence-electron chi connectivity index (χ4n) is 7.54. The lowest BCUT2D eigenvalue weighted by atomic mass is 9.92. The van der Waals surface area contributed by atoms with Gasteiger partial charge in [-0.1, -0.05) is 131 Å². The molecule has 0 saturated heterocycles. The molecule has 232 valence electrons. The van der Waals surface area contributed by atoms with Crippen LogP contribution in [0.15, 0.2) is 138 Å². The quantitative estimate of drug-likeness (QED) is 0.179. The lowest BCUT2D eigenvalue weighted by Gasteiger charge is -2.22. The van der Waals surface area contributed by atoms with E-state index in [4.69, 9.17) is 9.40 Å². The van der Waals surface area contributed by atoms with Gasteiger partial charge in [0.2, 0.25) is 0 Å². The van der Waals surface area contributed by atoms with Gasteiger partial charge >= 0.3 is 0 Å². The molecule has 3 heteroatoms. The van der Waals surface area contributed by atoms with E-state index in [0.29, 0.717) is 11.8 Å². The third-order valence-electron chi connectivity index (χ3n) is 9.93. The molecule has 3 nitrogen and oxygen atoms in total. The van der Waals surface area contributed by atoms with E-state index in [1.165, 1.54) is 49.5 Å². The first-order valence-electron chi connectivity index (χ1n) is 16.9. The van der Waals surface area contributed by atoms with Gasteiger partial charge in [0.25, 0.3) is 0 Å². The maximum absolute atomic E-state index is 6.88. The molecule has 0 amide bonds. The van der Waals surface area contributed by atoms with Crippen LogP contribution < -0.4 is 0 Å². The lowest BCUT2D eigenvalue weighted by Crippen LogP contribution is -2.08.